The topological polar surface area (TPSA) is 101 Å². The van der Waals surface area contributed by atoms with Gasteiger partial charge in [0, 0.05) is 36.2 Å². The van der Waals surface area contributed by atoms with Crippen LogP contribution in [0.25, 0.3) is 0 Å². The van der Waals surface area contributed by atoms with E-state index in [4.69, 9.17) is 14.2 Å². The van der Waals surface area contributed by atoms with E-state index in [1.54, 1.807) is 12.1 Å². The standard InChI is InChI=1S/C16H19BrN4O5/c17-12-8-14-13(25-10-26-14)7-11(12)9-19-20-16(23)15(22)18-1-2-21-3-5-24-6-4-21/h7-9H,1-6,10H2,(H,18,22)(H,20,23)/b19-9+. The van der Waals surface area contributed by atoms with Gasteiger partial charge in [0.1, 0.15) is 0 Å². The minimum Gasteiger partial charge on any atom is -0.454 e. The number of nitrogens with one attached hydrogen (secondary N) is 2. The van der Waals surface area contributed by atoms with Crippen LogP contribution >= 0.6 is 15.9 Å². The molecule has 3 rings (SSSR count). The number of amides is 2. The van der Waals surface area contributed by atoms with E-state index in [1.807, 2.05) is 0 Å². The second kappa shape index (κ2) is 8.97. The number of fused-ring (bicyclic) bond motifs is 1. The fraction of sp³-hybridized carbons (Fsp3) is 0.438. The summed E-state index contributed by atoms with van der Waals surface area (Å²) in [7, 11) is 0. The molecule has 0 bridgehead atoms. The Balaban J connectivity index is 1.43. The van der Waals surface area contributed by atoms with Crippen molar-refractivity contribution in [2.75, 3.05) is 46.2 Å². The molecule has 26 heavy (non-hydrogen) atoms. The second-order valence-corrected chi connectivity index (χ2v) is 6.49. The Morgan fingerprint density at radius 2 is 1.92 bits per heavy atom. The van der Waals surface area contributed by atoms with Crippen molar-refractivity contribution >= 4 is 34.0 Å². The fourth-order valence-corrected chi connectivity index (χ4v) is 2.90. The van der Waals surface area contributed by atoms with Crippen LogP contribution in [0.3, 0.4) is 0 Å². The summed E-state index contributed by atoms with van der Waals surface area (Å²) in [6.45, 7) is 4.29. The van der Waals surface area contributed by atoms with Crippen LogP contribution in [0.2, 0.25) is 0 Å². The summed E-state index contributed by atoms with van der Waals surface area (Å²) in [4.78, 5) is 25.7. The summed E-state index contributed by atoms with van der Waals surface area (Å²) in [6.07, 6.45) is 1.42. The highest BCUT2D eigenvalue weighted by molar-refractivity contribution is 9.10. The molecule has 0 saturated carbocycles. The molecule has 1 aromatic rings. The number of halogens is 1. The smallest absolute Gasteiger partial charge is 0.329 e. The van der Waals surface area contributed by atoms with Crippen molar-refractivity contribution in [3.05, 3.63) is 22.2 Å². The van der Waals surface area contributed by atoms with Crippen molar-refractivity contribution in [2.45, 2.75) is 0 Å². The lowest BCUT2D eigenvalue weighted by Gasteiger charge is -2.26. The highest BCUT2D eigenvalue weighted by atomic mass is 79.9. The number of carbonyl (C=O) groups excluding carboxylic acids is 2. The number of morpholine rings is 1. The van der Waals surface area contributed by atoms with Gasteiger partial charge in [0.05, 0.1) is 19.4 Å². The molecule has 0 spiro atoms. The molecule has 2 heterocycles. The zero-order valence-electron chi connectivity index (χ0n) is 14.0. The van der Waals surface area contributed by atoms with Gasteiger partial charge in [-0.3, -0.25) is 14.5 Å². The summed E-state index contributed by atoms with van der Waals surface area (Å²) < 4.78 is 16.5. The zero-order valence-corrected chi connectivity index (χ0v) is 15.6. The third kappa shape index (κ3) is 4.93. The van der Waals surface area contributed by atoms with Crippen LogP contribution in [0.1, 0.15) is 5.56 Å². The normalized spacial score (nSPS) is 16.7. The molecule has 2 N–H and O–H groups in total. The van der Waals surface area contributed by atoms with Crippen molar-refractivity contribution < 1.29 is 23.8 Å². The highest BCUT2D eigenvalue weighted by Crippen LogP contribution is 2.36. The van der Waals surface area contributed by atoms with E-state index >= 15 is 0 Å². The molecule has 1 fully saturated rings. The van der Waals surface area contributed by atoms with Gasteiger partial charge in [0.15, 0.2) is 11.5 Å². The molecule has 9 nitrogen and oxygen atoms in total. The number of nitrogens with zero attached hydrogens (tertiary/aromatic N) is 2. The largest absolute Gasteiger partial charge is 0.454 e. The number of benzene rings is 1. The van der Waals surface area contributed by atoms with E-state index in [2.05, 4.69) is 36.7 Å². The predicted molar refractivity (Wildman–Crippen MR) is 96.3 cm³/mol. The van der Waals surface area contributed by atoms with Crippen LogP contribution in [0.4, 0.5) is 0 Å². The summed E-state index contributed by atoms with van der Waals surface area (Å²) in [5, 5.41) is 6.38. The van der Waals surface area contributed by atoms with E-state index in [-0.39, 0.29) is 6.79 Å². The molecular formula is C16H19BrN4O5. The number of hydrazone groups is 1. The lowest BCUT2D eigenvalue weighted by atomic mass is 10.2. The molecule has 2 aliphatic heterocycles. The van der Waals surface area contributed by atoms with E-state index in [9.17, 15) is 9.59 Å². The first-order chi connectivity index (χ1) is 12.6. The summed E-state index contributed by atoms with van der Waals surface area (Å²) in [6, 6.07) is 3.48. The quantitative estimate of drug-likeness (QED) is 0.392. The van der Waals surface area contributed by atoms with Gasteiger partial charge in [0.25, 0.3) is 0 Å². The van der Waals surface area contributed by atoms with Crippen LogP contribution in [-0.4, -0.2) is 69.1 Å². The van der Waals surface area contributed by atoms with Gasteiger partial charge >= 0.3 is 11.8 Å². The third-order valence-electron chi connectivity index (χ3n) is 3.89. The summed E-state index contributed by atoms with van der Waals surface area (Å²) in [5.41, 5.74) is 2.89. The Bertz CT molecular complexity index is 706. The average Bonchev–Trinajstić information content (AvgIpc) is 3.09. The SMILES string of the molecule is O=C(NCCN1CCOCC1)C(=O)N/N=C/c1cc2c(cc1Br)OCO2. The van der Waals surface area contributed by atoms with Crippen molar-refractivity contribution in [3.8, 4) is 11.5 Å². The Labute approximate surface area is 158 Å². The lowest BCUT2D eigenvalue weighted by molar-refractivity contribution is -0.139. The van der Waals surface area contributed by atoms with Crippen LogP contribution in [0.15, 0.2) is 21.7 Å². The van der Waals surface area contributed by atoms with E-state index < -0.39 is 11.8 Å². The first-order valence-electron chi connectivity index (χ1n) is 8.14. The average molecular weight is 427 g/mol. The van der Waals surface area contributed by atoms with Gasteiger partial charge in [-0.2, -0.15) is 5.10 Å². The van der Waals surface area contributed by atoms with E-state index in [0.29, 0.717) is 43.4 Å². The summed E-state index contributed by atoms with van der Waals surface area (Å²) >= 11 is 3.39. The first kappa shape index (κ1) is 18.6. The van der Waals surface area contributed by atoms with Crippen molar-refractivity contribution in [2.24, 2.45) is 5.10 Å². The molecule has 0 atom stereocenters. The maximum absolute atomic E-state index is 11.8. The van der Waals surface area contributed by atoms with Gasteiger partial charge in [-0.15, -0.1) is 0 Å². The molecular weight excluding hydrogens is 408 g/mol. The maximum Gasteiger partial charge on any atom is 0.329 e. The maximum atomic E-state index is 11.8. The Morgan fingerprint density at radius 1 is 1.19 bits per heavy atom. The Kier molecular flexibility index (Phi) is 6.42. The molecule has 1 aromatic carbocycles. The lowest BCUT2D eigenvalue weighted by Crippen LogP contribution is -2.44. The minimum absolute atomic E-state index is 0.170. The van der Waals surface area contributed by atoms with Gasteiger partial charge in [-0.05, 0) is 28.1 Å². The molecule has 0 unspecified atom stereocenters. The fourth-order valence-electron chi connectivity index (χ4n) is 2.48. The molecule has 0 aromatic heterocycles. The molecule has 0 radical (unpaired) electrons. The zero-order chi connectivity index (χ0) is 18.4. The van der Waals surface area contributed by atoms with E-state index in [0.717, 1.165) is 17.6 Å². The number of carbonyl (C=O) groups is 2. The number of rotatable bonds is 5. The van der Waals surface area contributed by atoms with Crippen LogP contribution in [0.5, 0.6) is 11.5 Å². The van der Waals surface area contributed by atoms with E-state index in [1.165, 1.54) is 6.21 Å². The highest BCUT2D eigenvalue weighted by Gasteiger charge is 2.16. The molecule has 2 aliphatic rings. The number of ether oxygens (including phenoxy) is 3. The Morgan fingerprint density at radius 3 is 2.69 bits per heavy atom. The monoisotopic (exact) mass is 426 g/mol. The molecule has 1 saturated heterocycles. The molecule has 2 amide bonds. The van der Waals surface area contributed by atoms with Gasteiger partial charge in [-0.1, -0.05) is 0 Å². The molecule has 140 valence electrons. The third-order valence-corrected chi connectivity index (χ3v) is 4.57. The first-order valence-corrected chi connectivity index (χ1v) is 8.93. The Hall–Kier alpha value is -2.17. The molecule has 0 aliphatic carbocycles. The molecule has 10 heteroatoms. The van der Waals surface area contributed by atoms with Gasteiger partial charge < -0.3 is 19.5 Å². The van der Waals surface area contributed by atoms with Crippen molar-refractivity contribution in [3.63, 3.8) is 0 Å². The summed E-state index contributed by atoms with van der Waals surface area (Å²) in [5.74, 6) is -0.306. The van der Waals surface area contributed by atoms with Gasteiger partial charge in [0.2, 0.25) is 6.79 Å². The van der Waals surface area contributed by atoms with Crippen LogP contribution in [-0.2, 0) is 14.3 Å². The van der Waals surface area contributed by atoms with Gasteiger partial charge in [-0.25, -0.2) is 5.43 Å². The van der Waals surface area contributed by atoms with Crippen LogP contribution < -0.4 is 20.2 Å². The number of hydrogen-bond acceptors (Lipinski definition) is 7. The van der Waals surface area contributed by atoms with Crippen molar-refractivity contribution in [1.82, 2.24) is 15.6 Å². The van der Waals surface area contributed by atoms with Crippen molar-refractivity contribution in [1.29, 1.82) is 0 Å². The number of hydrogen-bond donors (Lipinski definition) is 2. The predicted octanol–water partition coefficient (Wildman–Crippen LogP) is 0.0763. The second-order valence-electron chi connectivity index (χ2n) is 5.64. The minimum atomic E-state index is -0.819. The van der Waals surface area contributed by atoms with Crippen LogP contribution in [0, 0.1) is 0 Å².